The van der Waals surface area contributed by atoms with Crippen LogP contribution in [0.5, 0.6) is 0 Å². The van der Waals surface area contributed by atoms with Gasteiger partial charge in [0.1, 0.15) is 5.82 Å². The van der Waals surface area contributed by atoms with Gasteiger partial charge in [0.15, 0.2) is 0 Å². The van der Waals surface area contributed by atoms with Crippen molar-refractivity contribution >= 4 is 28.8 Å². The Morgan fingerprint density at radius 1 is 1.07 bits per heavy atom. The third-order valence-electron chi connectivity index (χ3n) is 6.02. The van der Waals surface area contributed by atoms with Gasteiger partial charge in [0, 0.05) is 17.2 Å². The van der Waals surface area contributed by atoms with Crippen LogP contribution in [0.2, 0.25) is 0 Å². The highest BCUT2D eigenvalue weighted by Crippen LogP contribution is 2.32. The molecule has 2 aromatic carbocycles. The number of aromatic amines is 1. The number of fused-ring (bicyclic) bond motifs is 2. The fraction of sp³-hybridized carbons (Fsp3) is 0.273. The van der Waals surface area contributed by atoms with Crippen LogP contribution in [0.15, 0.2) is 36.4 Å². The van der Waals surface area contributed by atoms with Crippen molar-refractivity contribution in [3.05, 3.63) is 53.1 Å². The van der Waals surface area contributed by atoms with Crippen molar-refractivity contribution in [3.8, 4) is 11.4 Å². The minimum absolute atomic E-state index is 0.0563. The molecule has 0 aliphatic carbocycles. The monoisotopic (exact) mass is 403 g/mol. The summed E-state index contributed by atoms with van der Waals surface area (Å²) in [7, 11) is 2.05. The summed E-state index contributed by atoms with van der Waals surface area (Å²) >= 11 is 0. The van der Waals surface area contributed by atoms with Gasteiger partial charge in [0.2, 0.25) is 5.91 Å². The molecule has 1 saturated heterocycles. The zero-order valence-corrected chi connectivity index (χ0v) is 16.5. The maximum atomic E-state index is 13.0. The van der Waals surface area contributed by atoms with E-state index in [1.54, 1.807) is 36.4 Å². The van der Waals surface area contributed by atoms with E-state index in [1.807, 2.05) is 7.05 Å². The van der Waals surface area contributed by atoms with Gasteiger partial charge in [-0.25, -0.2) is 4.98 Å². The lowest BCUT2D eigenvalue weighted by atomic mass is 10.0. The first-order valence-corrected chi connectivity index (χ1v) is 9.93. The smallest absolute Gasteiger partial charge is 0.261 e. The van der Waals surface area contributed by atoms with E-state index < -0.39 is 5.91 Å². The maximum Gasteiger partial charge on any atom is 0.261 e. The zero-order valence-electron chi connectivity index (χ0n) is 16.5. The third kappa shape index (κ3) is 2.88. The highest BCUT2D eigenvalue weighted by Gasteiger charge is 2.41. The quantitative estimate of drug-likeness (QED) is 0.650. The molecule has 3 aromatic rings. The fourth-order valence-electron chi connectivity index (χ4n) is 4.28. The van der Waals surface area contributed by atoms with Crippen molar-refractivity contribution in [1.29, 1.82) is 0 Å². The van der Waals surface area contributed by atoms with Crippen molar-refractivity contribution in [1.82, 2.24) is 19.8 Å². The fourth-order valence-corrected chi connectivity index (χ4v) is 4.28. The molecule has 0 atom stereocenters. The second-order valence-electron chi connectivity index (χ2n) is 7.96. The zero-order chi connectivity index (χ0) is 21.0. The number of imidazole rings is 1. The molecular weight excluding hydrogens is 382 g/mol. The van der Waals surface area contributed by atoms with Gasteiger partial charge >= 0.3 is 0 Å². The minimum Gasteiger partial charge on any atom is -0.366 e. The van der Waals surface area contributed by atoms with Gasteiger partial charge in [-0.1, -0.05) is 12.1 Å². The van der Waals surface area contributed by atoms with Gasteiger partial charge in [0.25, 0.3) is 11.8 Å². The molecule has 3 heterocycles. The Kier molecular flexibility index (Phi) is 4.18. The first kappa shape index (κ1) is 18.5. The lowest BCUT2D eigenvalue weighted by molar-refractivity contribution is 0.0516. The second-order valence-corrected chi connectivity index (χ2v) is 7.96. The van der Waals surface area contributed by atoms with Gasteiger partial charge in [-0.05, 0) is 57.2 Å². The van der Waals surface area contributed by atoms with E-state index in [-0.39, 0.29) is 17.9 Å². The number of nitrogens with two attached hydrogens (primary N) is 1. The molecule has 8 heteroatoms. The predicted molar refractivity (Wildman–Crippen MR) is 111 cm³/mol. The van der Waals surface area contributed by atoms with Crippen LogP contribution in [0.25, 0.3) is 22.4 Å². The molecule has 152 valence electrons. The summed E-state index contributed by atoms with van der Waals surface area (Å²) in [6.07, 6.45) is 1.59. The van der Waals surface area contributed by atoms with E-state index in [1.165, 1.54) is 4.90 Å². The predicted octanol–water partition coefficient (Wildman–Crippen LogP) is 2.02. The van der Waals surface area contributed by atoms with Crippen LogP contribution in [0.4, 0.5) is 0 Å². The Morgan fingerprint density at radius 3 is 2.33 bits per heavy atom. The van der Waals surface area contributed by atoms with Gasteiger partial charge in [-0.15, -0.1) is 0 Å². The van der Waals surface area contributed by atoms with Crippen molar-refractivity contribution in [3.63, 3.8) is 0 Å². The number of H-pyrrole nitrogens is 1. The number of hydrogen-bond donors (Lipinski definition) is 2. The van der Waals surface area contributed by atoms with E-state index in [4.69, 9.17) is 5.73 Å². The average molecular weight is 403 g/mol. The summed E-state index contributed by atoms with van der Waals surface area (Å²) in [5.41, 5.74) is 8.62. The number of amides is 3. The number of imide groups is 1. The summed E-state index contributed by atoms with van der Waals surface area (Å²) in [5, 5.41) is 0. The topological polar surface area (TPSA) is 112 Å². The highest BCUT2D eigenvalue weighted by molar-refractivity contribution is 6.23. The molecule has 5 rings (SSSR count). The Hall–Kier alpha value is -3.52. The molecule has 0 spiro atoms. The van der Waals surface area contributed by atoms with Gasteiger partial charge in [-0.2, -0.15) is 0 Å². The number of aromatic nitrogens is 2. The van der Waals surface area contributed by atoms with Crippen LogP contribution in [0.1, 0.15) is 43.9 Å². The Labute approximate surface area is 172 Å². The lowest BCUT2D eigenvalue weighted by Gasteiger charge is -2.33. The number of nitrogens with one attached hydrogen (secondary N) is 1. The molecule has 1 fully saturated rings. The molecule has 0 saturated carbocycles. The number of carbonyl (C=O) groups is 3. The van der Waals surface area contributed by atoms with Crippen LogP contribution >= 0.6 is 0 Å². The molecule has 30 heavy (non-hydrogen) atoms. The Balaban J connectivity index is 1.48. The summed E-state index contributed by atoms with van der Waals surface area (Å²) in [5.74, 6) is -0.360. The number of carbonyl (C=O) groups excluding carboxylic acids is 3. The molecule has 2 aliphatic heterocycles. The van der Waals surface area contributed by atoms with E-state index in [9.17, 15) is 14.4 Å². The van der Waals surface area contributed by atoms with Gasteiger partial charge in [0.05, 0.1) is 22.2 Å². The number of likely N-dealkylation sites (tertiary alicyclic amines) is 1. The molecule has 3 amide bonds. The van der Waals surface area contributed by atoms with E-state index in [0.29, 0.717) is 33.5 Å². The molecule has 0 radical (unpaired) electrons. The van der Waals surface area contributed by atoms with Crippen molar-refractivity contribution in [2.24, 2.45) is 5.73 Å². The SMILES string of the molecule is CN1CCC(N2C(=O)c3cc4nc(-c5ccc(C(N)=O)cc5)[nH]c4cc3C2=O)CC1. The first-order chi connectivity index (χ1) is 14.4. The molecule has 0 bridgehead atoms. The second kappa shape index (κ2) is 6.77. The summed E-state index contributed by atoms with van der Waals surface area (Å²) in [6.45, 7) is 1.75. The van der Waals surface area contributed by atoms with Crippen LogP contribution in [0, 0.1) is 0 Å². The molecule has 0 unspecified atom stereocenters. The standard InChI is InChI=1S/C22H21N5O3/c1-26-8-6-14(7-9-26)27-21(29)15-10-17-18(11-16(15)22(27)30)25-20(24-17)13-4-2-12(3-5-13)19(23)28/h2-5,10-11,14H,6-9H2,1H3,(H2,23,28)(H,24,25). The number of primary amides is 1. The average Bonchev–Trinajstić information content (AvgIpc) is 3.26. The third-order valence-corrected chi connectivity index (χ3v) is 6.02. The van der Waals surface area contributed by atoms with Crippen molar-refractivity contribution < 1.29 is 14.4 Å². The molecule has 3 N–H and O–H groups in total. The van der Waals surface area contributed by atoms with E-state index in [0.717, 1.165) is 31.5 Å². The van der Waals surface area contributed by atoms with Crippen LogP contribution in [0.3, 0.4) is 0 Å². The summed E-state index contributed by atoms with van der Waals surface area (Å²) < 4.78 is 0. The minimum atomic E-state index is -0.492. The van der Waals surface area contributed by atoms with Gasteiger partial charge in [-0.3, -0.25) is 19.3 Å². The molecule has 8 nitrogen and oxygen atoms in total. The Morgan fingerprint density at radius 2 is 1.70 bits per heavy atom. The van der Waals surface area contributed by atoms with Crippen LogP contribution < -0.4 is 5.73 Å². The maximum absolute atomic E-state index is 13.0. The number of hydrogen-bond acceptors (Lipinski definition) is 5. The molecule has 2 aliphatic rings. The summed E-state index contributed by atoms with van der Waals surface area (Å²) in [6, 6.07) is 10.1. The molecule has 1 aromatic heterocycles. The number of benzene rings is 2. The first-order valence-electron chi connectivity index (χ1n) is 9.93. The lowest BCUT2D eigenvalue weighted by Crippen LogP contribution is -2.46. The Bertz CT molecular complexity index is 1140. The van der Waals surface area contributed by atoms with Crippen LogP contribution in [-0.4, -0.2) is 63.7 Å². The van der Waals surface area contributed by atoms with E-state index >= 15 is 0 Å². The van der Waals surface area contributed by atoms with Crippen molar-refractivity contribution in [2.75, 3.05) is 20.1 Å². The van der Waals surface area contributed by atoms with Gasteiger partial charge < -0.3 is 15.6 Å². The largest absolute Gasteiger partial charge is 0.366 e. The van der Waals surface area contributed by atoms with Crippen molar-refractivity contribution in [2.45, 2.75) is 18.9 Å². The van der Waals surface area contributed by atoms with E-state index in [2.05, 4.69) is 14.9 Å². The number of nitrogens with zero attached hydrogens (tertiary/aromatic N) is 3. The number of piperidine rings is 1. The molecular formula is C22H21N5O3. The number of rotatable bonds is 3. The normalized spacial score (nSPS) is 17.7. The summed E-state index contributed by atoms with van der Waals surface area (Å²) in [4.78, 5) is 48.7. The van der Waals surface area contributed by atoms with Crippen LogP contribution in [-0.2, 0) is 0 Å². The highest BCUT2D eigenvalue weighted by atomic mass is 16.2.